The molecule has 3 heteroatoms. The van der Waals surface area contributed by atoms with Gasteiger partial charge in [-0.2, -0.15) is 0 Å². The molecule has 0 aliphatic rings. The van der Waals surface area contributed by atoms with Gasteiger partial charge in [-0.05, 0) is 56.4 Å². The van der Waals surface area contributed by atoms with Crippen molar-refractivity contribution < 1.29 is 5.11 Å². The van der Waals surface area contributed by atoms with Crippen LogP contribution in [0.15, 0.2) is 43.1 Å². The summed E-state index contributed by atoms with van der Waals surface area (Å²) in [6.07, 6.45) is 11.2. The molecule has 0 saturated heterocycles. The quantitative estimate of drug-likeness (QED) is 0.618. The normalized spacial score (nSPS) is 12.9. The van der Waals surface area contributed by atoms with Crippen LogP contribution in [0.25, 0.3) is 17.0 Å². The minimum atomic E-state index is -0.222. The maximum absolute atomic E-state index is 9.19. The number of nitrogens with zero attached hydrogens (tertiary/aromatic N) is 2. The Morgan fingerprint density at radius 2 is 2.24 bits per heavy atom. The Bertz CT molecular complexity index is 632. The first-order valence-corrected chi connectivity index (χ1v) is 7.40. The maximum Gasteiger partial charge on any atom is 0.152 e. The van der Waals surface area contributed by atoms with Crippen molar-refractivity contribution in [2.45, 2.75) is 38.7 Å². The first-order valence-electron chi connectivity index (χ1n) is 7.40. The summed E-state index contributed by atoms with van der Waals surface area (Å²) in [6.45, 7) is 5.57. The molecule has 1 aromatic heterocycles. The fraction of sp³-hybridized carbons (Fsp3) is 0.333. The lowest BCUT2D eigenvalue weighted by Crippen LogP contribution is -1.97. The van der Waals surface area contributed by atoms with E-state index in [4.69, 9.17) is 0 Å². The van der Waals surface area contributed by atoms with Crippen molar-refractivity contribution >= 4 is 17.0 Å². The lowest BCUT2D eigenvalue weighted by atomic mass is 10.1. The number of fused-ring (bicyclic) bond motifs is 1. The summed E-state index contributed by atoms with van der Waals surface area (Å²) < 4.78 is 0. The second-order valence-electron chi connectivity index (χ2n) is 5.30. The van der Waals surface area contributed by atoms with E-state index < -0.39 is 0 Å². The zero-order valence-electron chi connectivity index (χ0n) is 12.5. The molecule has 1 N–H and O–H groups in total. The van der Waals surface area contributed by atoms with Gasteiger partial charge < -0.3 is 5.11 Å². The highest BCUT2D eigenvalue weighted by Crippen LogP contribution is 2.14. The summed E-state index contributed by atoms with van der Waals surface area (Å²) in [5.74, 6) is 0.732. The molecular formula is C18H22N2O. The van der Waals surface area contributed by atoms with Crippen molar-refractivity contribution in [2.24, 2.45) is 0 Å². The van der Waals surface area contributed by atoms with E-state index in [1.54, 1.807) is 0 Å². The lowest BCUT2D eigenvalue weighted by molar-refractivity contribution is 0.182. The largest absolute Gasteiger partial charge is 0.393 e. The Hall–Kier alpha value is -2.00. The molecule has 1 unspecified atom stereocenters. The molecule has 0 spiro atoms. The Labute approximate surface area is 126 Å². The summed E-state index contributed by atoms with van der Waals surface area (Å²) in [5, 5.41) is 10.2. The van der Waals surface area contributed by atoms with E-state index in [0.29, 0.717) is 0 Å². The summed E-state index contributed by atoms with van der Waals surface area (Å²) in [5.41, 5.74) is 2.18. The number of aromatic nitrogens is 2. The fourth-order valence-electron chi connectivity index (χ4n) is 2.19. The van der Waals surface area contributed by atoms with Crippen LogP contribution in [0, 0.1) is 0 Å². The molecule has 1 atom stereocenters. The predicted octanol–water partition coefficient (Wildman–Crippen LogP) is 3.92. The minimum absolute atomic E-state index is 0.222. The van der Waals surface area contributed by atoms with Gasteiger partial charge in [-0.25, -0.2) is 9.97 Å². The molecule has 0 aliphatic heterocycles. The van der Waals surface area contributed by atoms with Crippen LogP contribution in [0.5, 0.6) is 0 Å². The molecule has 0 fully saturated rings. The summed E-state index contributed by atoms with van der Waals surface area (Å²) in [4.78, 5) is 8.90. The number of unbranched alkanes of at least 4 members (excludes halogenated alkanes) is 1. The van der Waals surface area contributed by atoms with Crippen LogP contribution >= 0.6 is 0 Å². The zero-order chi connectivity index (χ0) is 15.1. The molecule has 3 nitrogen and oxygen atoms in total. The first kappa shape index (κ1) is 15.4. The second-order valence-corrected chi connectivity index (χ2v) is 5.30. The standard InChI is InChI=1S/C18H22N2O/c1-3-7-15-10-11-17-16(12-15)13-19-18(20-17)9-6-4-5-8-14(2)21/h3,6,9-14,21H,1,4-5,7-8H2,2H3/b9-6+. The summed E-state index contributed by atoms with van der Waals surface area (Å²) >= 11 is 0. The van der Waals surface area contributed by atoms with Crippen molar-refractivity contribution in [3.8, 4) is 0 Å². The molecule has 0 aliphatic carbocycles. The number of rotatable bonds is 7. The predicted molar refractivity (Wildman–Crippen MR) is 88.0 cm³/mol. The van der Waals surface area contributed by atoms with E-state index in [0.717, 1.165) is 42.4 Å². The van der Waals surface area contributed by atoms with Crippen molar-refractivity contribution in [1.82, 2.24) is 9.97 Å². The van der Waals surface area contributed by atoms with Gasteiger partial charge in [-0.15, -0.1) is 6.58 Å². The third kappa shape index (κ3) is 4.80. The first-order chi connectivity index (χ1) is 10.2. The molecule has 0 radical (unpaired) electrons. The van der Waals surface area contributed by atoms with Crippen molar-refractivity contribution in [1.29, 1.82) is 0 Å². The van der Waals surface area contributed by atoms with E-state index in [1.807, 2.05) is 31.3 Å². The van der Waals surface area contributed by atoms with Crippen LogP contribution in [0.2, 0.25) is 0 Å². The van der Waals surface area contributed by atoms with Gasteiger partial charge in [0, 0.05) is 11.6 Å². The SMILES string of the molecule is C=CCc1ccc2nc(/C=C/CCCC(C)O)ncc2c1. The Morgan fingerprint density at radius 3 is 3.00 bits per heavy atom. The van der Waals surface area contributed by atoms with Crippen LogP contribution in [0.4, 0.5) is 0 Å². The Kier molecular flexibility index (Phi) is 5.64. The second kappa shape index (κ2) is 7.70. The Morgan fingerprint density at radius 1 is 1.38 bits per heavy atom. The van der Waals surface area contributed by atoms with E-state index in [-0.39, 0.29) is 6.10 Å². The van der Waals surface area contributed by atoms with Gasteiger partial charge in [0.05, 0.1) is 11.6 Å². The molecule has 0 bridgehead atoms. The highest BCUT2D eigenvalue weighted by molar-refractivity contribution is 5.79. The van der Waals surface area contributed by atoms with Crippen LogP contribution in [-0.4, -0.2) is 21.2 Å². The van der Waals surface area contributed by atoms with Crippen LogP contribution in [-0.2, 0) is 6.42 Å². The molecule has 0 amide bonds. The smallest absolute Gasteiger partial charge is 0.152 e. The van der Waals surface area contributed by atoms with Gasteiger partial charge in [0.2, 0.25) is 0 Å². The van der Waals surface area contributed by atoms with Gasteiger partial charge in [-0.3, -0.25) is 0 Å². The third-order valence-corrected chi connectivity index (χ3v) is 3.30. The molecular weight excluding hydrogens is 260 g/mol. The van der Waals surface area contributed by atoms with E-state index >= 15 is 0 Å². The molecule has 0 saturated carbocycles. The van der Waals surface area contributed by atoms with Crippen molar-refractivity contribution in [2.75, 3.05) is 0 Å². The average Bonchev–Trinajstić information content (AvgIpc) is 2.47. The molecule has 1 aromatic carbocycles. The molecule has 2 rings (SSSR count). The number of aliphatic hydroxyl groups is 1. The van der Waals surface area contributed by atoms with Gasteiger partial charge >= 0.3 is 0 Å². The van der Waals surface area contributed by atoms with Crippen LogP contribution in [0.1, 0.15) is 37.6 Å². The van der Waals surface area contributed by atoms with Gasteiger partial charge in [-0.1, -0.05) is 18.2 Å². The number of hydrogen-bond acceptors (Lipinski definition) is 3. The number of benzene rings is 1. The number of aliphatic hydroxyl groups excluding tert-OH is 1. The highest BCUT2D eigenvalue weighted by Gasteiger charge is 1.99. The van der Waals surface area contributed by atoms with Gasteiger partial charge in [0.15, 0.2) is 5.82 Å². The third-order valence-electron chi connectivity index (χ3n) is 3.30. The molecule has 110 valence electrons. The maximum atomic E-state index is 9.19. The summed E-state index contributed by atoms with van der Waals surface area (Å²) in [6, 6.07) is 6.21. The fourth-order valence-corrected chi connectivity index (χ4v) is 2.19. The van der Waals surface area contributed by atoms with E-state index in [9.17, 15) is 5.11 Å². The minimum Gasteiger partial charge on any atom is -0.393 e. The van der Waals surface area contributed by atoms with Gasteiger partial charge in [0.1, 0.15) is 0 Å². The topological polar surface area (TPSA) is 46.0 Å². The van der Waals surface area contributed by atoms with Gasteiger partial charge in [0.25, 0.3) is 0 Å². The van der Waals surface area contributed by atoms with E-state index in [1.165, 1.54) is 5.56 Å². The van der Waals surface area contributed by atoms with Crippen LogP contribution < -0.4 is 0 Å². The van der Waals surface area contributed by atoms with Crippen molar-refractivity contribution in [3.63, 3.8) is 0 Å². The summed E-state index contributed by atoms with van der Waals surface area (Å²) in [7, 11) is 0. The lowest BCUT2D eigenvalue weighted by Gasteiger charge is -2.02. The van der Waals surface area contributed by atoms with Crippen molar-refractivity contribution in [3.05, 3.63) is 54.5 Å². The van der Waals surface area contributed by atoms with E-state index in [2.05, 4.69) is 34.8 Å². The monoisotopic (exact) mass is 282 g/mol. The Balaban J connectivity index is 2.03. The average molecular weight is 282 g/mol. The molecule has 21 heavy (non-hydrogen) atoms. The number of allylic oxidation sites excluding steroid dienone is 2. The zero-order valence-corrected chi connectivity index (χ0v) is 12.5. The molecule has 1 heterocycles. The molecule has 2 aromatic rings. The van der Waals surface area contributed by atoms with Crippen LogP contribution in [0.3, 0.4) is 0 Å². The number of hydrogen-bond donors (Lipinski definition) is 1. The highest BCUT2D eigenvalue weighted by atomic mass is 16.3.